The fourth-order valence-corrected chi connectivity index (χ4v) is 2.87. The van der Waals surface area contributed by atoms with Gasteiger partial charge < -0.3 is 10.1 Å². The first kappa shape index (κ1) is 16.5. The van der Waals surface area contributed by atoms with Crippen LogP contribution in [-0.2, 0) is 16.0 Å². The van der Waals surface area contributed by atoms with Gasteiger partial charge in [-0.1, -0.05) is 17.7 Å². The van der Waals surface area contributed by atoms with Gasteiger partial charge in [0.15, 0.2) is 0 Å². The Bertz CT molecular complexity index is 655. The number of ether oxygens (including phenoxy) is 1. The number of esters is 1. The van der Waals surface area contributed by atoms with Gasteiger partial charge in [0, 0.05) is 11.3 Å². The number of halogens is 1. The number of amides is 1. The molecule has 0 atom stereocenters. The quantitative estimate of drug-likeness (QED) is 0.806. The highest BCUT2D eigenvalue weighted by molar-refractivity contribution is 7.09. The topological polar surface area (TPSA) is 55.4 Å². The van der Waals surface area contributed by atoms with E-state index in [4.69, 9.17) is 11.6 Å². The van der Waals surface area contributed by atoms with E-state index in [0.717, 1.165) is 12.8 Å². The molecule has 0 saturated heterocycles. The lowest BCUT2D eigenvalue weighted by atomic mass is 10.2. The molecule has 2 rings (SSSR count). The third kappa shape index (κ3) is 4.58. The number of hydrogen-bond donors (Lipinski definition) is 1. The van der Waals surface area contributed by atoms with Crippen LogP contribution in [0.1, 0.15) is 28.1 Å². The molecular weight excluding hydrogens is 322 g/mol. The minimum atomic E-state index is -0.468. The van der Waals surface area contributed by atoms with Gasteiger partial charge in [0.05, 0.1) is 23.4 Å². The summed E-state index contributed by atoms with van der Waals surface area (Å²) in [6.07, 6.45) is 2.04. The number of aryl methyl sites for hydroxylation is 1. The number of carbonyl (C=O) groups excluding carboxylic acids is 2. The van der Waals surface area contributed by atoms with Crippen molar-refractivity contribution in [2.24, 2.45) is 0 Å². The van der Waals surface area contributed by atoms with E-state index >= 15 is 0 Å². The average molecular weight is 338 g/mol. The summed E-state index contributed by atoms with van der Waals surface area (Å²) in [5.41, 5.74) is 0.770. The summed E-state index contributed by atoms with van der Waals surface area (Å²) in [4.78, 5) is 24.7. The summed E-state index contributed by atoms with van der Waals surface area (Å²) in [5.74, 6) is -0.592. The van der Waals surface area contributed by atoms with Crippen molar-refractivity contribution in [3.05, 3.63) is 51.2 Å². The zero-order valence-corrected chi connectivity index (χ0v) is 13.7. The molecule has 0 aliphatic carbocycles. The Hall–Kier alpha value is -1.85. The predicted molar refractivity (Wildman–Crippen MR) is 88.7 cm³/mol. The molecule has 0 spiro atoms. The highest BCUT2D eigenvalue weighted by atomic mass is 35.5. The Morgan fingerprint density at radius 1 is 1.32 bits per heavy atom. The highest BCUT2D eigenvalue weighted by Gasteiger charge is 2.11. The molecule has 0 saturated carbocycles. The second kappa shape index (κ2) is 7.96. The van der Waals surface area contributed by atoms with Crippen molar-refractivity contribution in [3.63, 3.8) is 0 Å². The standard InChI is InChI=1S/C16H16ClNO3S/c1-21-16(20)11-7-8-13(17)14(10-11)18-15(19)6-2-4-12-5-3-9-22-12/h3,5,7-10H,2,4,6H2,1H3,(H,18,19). The molecule has 0 aliphatic heterocycles. The maximum absolute atomic E-state index is 12.0. The average Bonchev–Trinajstić information content (AvgIpc) is 3.02. The predicted octanol–water partition coefficient (Wildman–Crippen LogP) is 4.15. The number of hydrogen-bond acceptors (Lipinski definition) is 4. The summed E-state index contributed by atoms with van der Waals surface area (Å²) < 4.78 is 4.65. The molecule has 0 bridgehead atoms. The lowest BCUT2D eigenvalue weighted by Gasteiger charge is -2.08. The van der Waals surface area contributed by atoms with E-state index in [1.54, 1.807) is 23.5 Å². The first-order valence-electron chi connectivity index (χ1n) is 6.80. The van der Waals surface area contributed by atoms with Gasteiger partial charge in [0.1, 0.15) is 0 Å². The molecule has 1 amide bonds. The van der Waals surface area contributed by atoms with Gasteiger partial charge in [-0.15, -0.1) is 11.3 Å². The summed E-state index contributed by atoms with van der Waals surface area (Å²) >= 11 is 7.72. The van der Waals surface area contributed by atoms with Gasteiger partial charge in [-0.25, -0.2) is 4.79 Å². The SMILES string of the molecule is COC(=O)c1ccc(Cl)c(NC(=O)CCCc2cccs2)c1. The molecule has 1 heterocycles. The Kier molecular flexibility index (Phi) is 5.98. The number of nitrogens with one attached hydrogen (secondary N) is 1. The van der Waals surface area contributed by atoms with Crippen molar-refractivity contribution in [3.8, 4) is 0 Å². The number of thiophene rings is 1. The van der Waals surface area contributed by atoms with Crippen molar-refractivity contribution >= 4 is 40.5 Å². The number of benzene rings is 1. The zero-order chi connectivity index (χ0) is 15.9. The van der Waals surface area contributed by atoms with Gasteiger partial charge >= 0.3 is 5.97 Å². The molecule has 0 unspecified atom stereocenters. The minimum Gasteiger partial charge on any atom is -0.465 e. The van der Waals surface area contributed by atoms with Crippen LogP contribution in [0.4, 0.5) is 5.69 Å². The smallest absolute Gasteiger partial charge is 0.337 e. The van der Waals surface area contributed by atoms with Crippen LogP contribution in [0.5, 0.6) is 0 Å². The molecule has 1 aromatic heterocycles. The van der Waals surface area contributed by atoms with Gasteiger partial charge in [-0.05, 0) is 42.5 Å². The van der Waals surface area contributed by atoms with E-state index in [-0.39, 0.29) is 5.91 Å². The van der Waals surface area contributed by atoms with Crippen LogP contribution in [0.15, 0.2) is 35.7 Å². The summed E-state index contributed by atoms with van der Waals surface area (Å²) in [7, 11) is 1.31. The number of methoxy groups -OCH3 is 1. The fourth-order valence-electron chi connectivity index (χ4n) is 1.96. The summed E-state index contributed by atoms with van der Waals surface area (Å²) in [6, 6.07) is 8.69. The van der Waals surface area contributed by atoms with Gasteiger partial charge in [0.25, 0.3) is 0 Å². The third-order valence-electron chi connectivity index (χ3n) is 3.07. The van der Waals surface area contributed by atoms with Crippen LogP contribution in [0.2, 0.25) is 5.02 Å². The molecular formula is C16H16ClNO3S. The van der Waals surface area contributed by atoms with Crippen LogP contribution in [-0.4, -0.2) is 19.0 Å². The molecule has 0 fully saturated rings. The van der Waals surface area contributed by atoms with Crippen molar-refractivity contribution in [2.45, 2.75) is 19.3 Å². The Labute approximate surface area is 138 Å². The fraction of sp³-hybridized carbons (Fsp3) is 0.250. The van der Waals surface area contributed by atoms with E-state index in [0.29, 0.717) is 22.7 Å². The van der Waals surface area contributed by atoms with Crippen molar-refractivity contribution in [1.29, 1.82) is 0 Å². The highest BCUT2D eigenvalue weighted by Crippen LogP contribution is 2.24. The first-order chi connectivity index (χ1) is 10.6. The molecule has 0 aliphatic rings. The Morgan fingerprint density at radius 3 is 2.82 bits per heavy atom. The summed E-state index contributed by atoms with van der Waals surface area (Å²) in [5, 5.41) is 5.14. The van der Waals surface area contributed by atoms with Crippen LogP contribution in [0.25, 0.3) is 0 Å². The van der Waals surface area contributed by atoms with Crippen molar-refractivity contribution < 1.29 is 14.3 Å². The molecule has 1 N–H and O–H groups in total. The Balaban J connectivity index is 1.91. The monoisotopic (exact) mass is 337 g/mol. The van der Waals surface area contributed by atoms with Gasteiger partial charge in [0.2, 0.25) is 5.91 Å². The van der Waals surface area contributed by atoms with Gasteiger partial charge in [-0.3, -0.25) is 4.79 Å². The molecule has 2 aromatic rings. The normalized spacial score (nSPS) is 10.3. The van der Waals surface area contributed by atoms with Crippen LogP contribution >= 0.6 is 22.9 Å². The van der Waals surface area contributed by atoms with E-state index in [1.807, 2.05) is 11.4 Å². The second-order valence-corrected chi connectivity index (χ2v) is 6.11. The minimum absolute atomic E-state index is 0.125. The molecule has 22 heavy (non-hydrogen) atoms. The van der Waals surface area contributed by atoms with Crippen molar-refractivity contribution in [1.82, 2.24) is 0 Å². The van der Waals surface area contributed by atoms with Crippen LogP contribution < -0.4 is 5.32 Å². The molecule has 0 radical (unpaired) electrons. The van der Waals surface area contributed by atoms with Crippen LogP contribution in [0, 0.1) is 0 Å². The van der Waals surface area contributed by atoms with E-state index in [2.05, 4.69) is 16.1 Å². The number of anilines is 1. The molecule has 6 heteroatoms. The molecule has 4 nitrogen and oxygen atoms in total. The lowest BCUT2D eigenvalue weighted by molar-refractivity contribution is -0.116. The zero-order valence-electron chi connectivity index (χ0n) is 12.1. The van der Waals surface area contributed by atoms with E-state index < -0.39 is 5.97 Å². The van der Waals surface area contributed by atoms with Crippen molar-refractivity contribution in [2.75, 3.05) is 12.4 Å². The number of rotatable bonds is 6. The largest absolute Gasteiger partial charge is 0.465 e. The van der Waals surface area contributed by atoms with E-state index in [1.165, 1.54) is 18.1 Å². The summed E-state index contributed by atoms with van der Waals surface area (Å²) in [6.45, 7) is 0. The Morgan fingerprint density at radius 2 is 2.14 bits per heavy atom. The maximum atomic E-state index is 12.0. The third-order valence-corrected chi connectivity index (χ3v) is 4.33. The first-order valence-corrected chi connectivity index (χ1v) is 8.06. The molecule has 1 aromatic carbocycles. The van der Waals surface area contributed by atoms with Crippen LogP contribution in [0.3, 0.4) is 0 Å². The second-order valence-electron chi connectivity index (χ2n) is 4.67. The van der Waals surface area contributed by atoms with E-state index in [9.17, 15) is 9.59 Å². The van der Waals surface area contributed by atoms with Gasteiger partial charge in [-0.2, -0.15) is 0 Å². The lowest BCUT2D eigenvalue weighted by Crippen LogP contribution is -2.12. The maximum Gasteiger partial charge on any atom is 0.337 e. The number of carbonyl (C=O) groups is 2. The molecule has 116 valence electrons.